The van der Waals surface area contributed by atoms with Crippen molar-refractivity contribution >= 4 is 5.69 Å². The molecule has 0 aliphatic carbocycles. The predicted molar refractivity (Wildman–Crippen MR) is 88.3 cm³/mol. The second-order valence-corrected chi connectivity index (χ2v) is 4.94. The predicted octanol–water partition coefficient (Wildman–Crippen LogP) is 3.40. The van der Waals surface area contributed by atoms with Crippen molar-refractivity contribution in [2.75, 3.05) is 18.0 Å². The molecule has 108 valence electrons. The largest absolute Gasteiger partial charge is 0.372 e. The molecule has 1 unspecified atom stereocenters. The van der Waals surface area contributed by atoms with Gasteiger partial charge in [0.1, 0.15) is 0 Å². The highest BCUT2D eigenvalue weighted by Gasteiger charge is 2.28. The Balaban J connectivity index is 2.39. The van der Waals surface area contributed by atoms with E-state index in [1.165, 1.54) is 0 Å². The lowest BCUT2D eigenvalue weighted by Crippen LogP contribution is -2.25. The van der Waals surface area contributed by atoms with E-state index in [4.69, 9.17) is 6.42 Å². The fourth-order valence-corrected chi connectivity index (χ4v) is 2.51. The van der Waals surface area contributed by atoms with Gasteiger partial charge in [-0.25, -0.2) is 0 Å². The third-order valence-electron chi connectivity index (χ3n) is 3.81. The second kappa shape index (κ2) is 6.47. The normalized spacial score (nSPS) is 13.2. The van der Waals surface area contributed by atoms with Crippen LogP contribution in [0.15, 0.2) is 54.6 Å². The first-order valence-corrected chi connectivity index (χ1v) is 7.26. The standard InChI is InChI=1S/C19H21NO/c1-4-19(21,16-10-8-7-9-11-16)17-12-14-18(15-13-17)20(5-2)6-3/h1,7-15,21H,5-6H2,2-3H3. The Hall–Kier alpha value is -2.24. The van der Waals surface area contributed by atoms with Crippen molar-refractivity contribution in [1.82, 2.24) is 0 Å². The average Bonchev–Trinajstić information content (AvgIpc) is 2.56. The minimum Gasteiger partial charge on any atom is -0.372 e. The van der Waals surface area contributed by atoms with Gasteiger partial charge in [0.05, 0.1) is 0 Å². The molecule has 0 radical (unpaired) electrons. The van der Waals surface area contributed by atoms with E-state index < -0.39 is 5.60 Å². The zero-order valence-electron chi connectivity index (χ0n) is 12.6. The number of benzene rings is 2. The molecule has 21 heavy (non-hydrogen) atoms. The third kappa shape index (κ3) is 2.94. The highest BCUT2D eigenvalue weighted by atomic mass is 16.3. The molecule has 0 bridgehead atoms. The summed E-state index contributed by atoms with van der Waals surface area (Å²) < 4.78 is 0. The van der Waals surface area contributed by atoms with Crippen LogP contribution in [0, 0.1) is 12.3 Å². The van der Waals surface area contributed by atoms with Crippen molar-refractivity contribution < 1.29 is 5.11 Å². The van der Waals surface area contributed by atoms with Gasteiger partial charge in [0, 0.05) is 29.9 Å². The maximum absolute atomic E-state index is 10.9. The molecule has 0 saturated carbocycles. The zero-order valence-corrected chi connectivity index (χ0v) is 12.6. The van der Waals surface area contributed by atoms with Gasteiger partial charge in [-0.2, -0.15) is 0 Å². The van der Waals surface area contributed by atoms with Crippen LogP contribution in [-0.4, -0.2) is 18.2 Å². The van der Waals surface area contributed by atoms with Crippen LogP contribution in [0.5, 0.6) is 0 Å². The van der Waals surface area contributed by atoms with Crippen LogP contribution in [0.2, 0.25) is 0 Å². The summed E-state index contributed by atoms with van der Waals surface area (Å²) in [5.41, 5.74) is 1.18. The highest BCUT2D eigenvalue weighted by Crippen LogP contribution is 2.30. The van der Waals surface area contributed by atoms with Crippen LogP contribution >= 0.6 is 0 Å². The van der Waals surface area contributed by atoms with Crippen LogP contribution in [0.1, 0.15) is 25.0 Å². The summed E-state index contributed by atoms with van der Waals surface area (Å²) in [6, 6.07) is 17.2. The van der Waals surface area contributed by atoms with Crippen molar-refractivity contribution in [2.24, 2.45) is 0 Å². The fraction of sp³-hybridized carbons (Fsp3) is 0.263. The van der Waals surface area contributed by atoms with E-state index in [1.807, 2.05) is 54.6 Å². The average molecular weight is 279 g/mol. The van der Waals surface area contributed by atoms with Gasteiger partial charge in [-0.15, -0.1) is 6.42 Å². The van der Waals surface area contributed by atoms with Gasteiger partial charge in [0.25, 0.3) is 0 Å². The molecular weight excluding hydrogens is 258 g/mol. The third-order valence-corrected chi connectivity index (χ3v) is 3.81. The summed E-state index contributed by atoms with van der Waals surface area (Å²) in [5, 5.41) is 10.9. The van der Waals surface area contributed by atoms with Crippen molar-refractivity contribution in [3.63, 3.8) is 0 Å². The first kappa shape index (κ1) is 15.2. The second-order valence-electron chi connectivity index (χ2n) is 4.94. The molecule has 0 aromatic heterocycles. The van der Waals surface area contributed by atoms with Gasteiger partial charge in [-0.05, 0) is 26.0 Å². The lowest BCUT2D eigenvalue weighted by Gasteiger charge is -2.25. The molecule has 2 aromatic rings. The molecule has 2 aromatic carbocycles. The van der Waals surface area contributed by atoms with Gasteiger partial charge in [-0.3, -0.25) is 0 Å². The van der Waals surface area contributed by atoms with Gasteiger partial charge in [0.15, 0.2) is 5.60 Å². The molecule has 0 amide bonds. The molecule has 0 aliphatic heterocycles. The minimum atomic E-state index is -1.39. The lowest BCUT2D eigenvalue weighted by molar-refractivity contribution is 0.145. The number of hydrogen-bond acceptors (Lipinski definition) is 2. The molecule has 1 atom stereocenters. The summed E-state index contributed by atoms with van der Waals surface area (Å²) in [6.45, 7) is 6.15. The van der Waals surface area contributed by atoms with Crippen molar-refractivity contribution in [3.8, 4) is 12.3 Å². The number of terminal acetylenes is 1. The quantitative estimate of drug-likeness (QED) is 0.848. The van der Waals surface area contributed by atoms with Gasteiger partial charge in [-0.1, -0.05) is 48.4 Å². The summed E-state index contributed by atoms with van der Waals surface area (Å²) in [4.78, 5) is 2.25. The first-order chi connectivity index (χ1) is 10.2. The molecule has 0 saturated heterocycles. The number of nitrogens with zero attached hydrogens (tertiary/aromatic N) is 1. The van der Waals surface area contributed by atoms with Crippen molar-refractivity contribution in [2.45, 2.75) is 19.4 Å². The highest BCUT2D eigenvalue weighted by molar-refractivity contribution is 5.51. The molecule has 0 fully saturated rings. The summed E-state index contributed by atoms with van der Waals surface area (Å²) in [7, 11) is 0. The zero-order chi connectivity index (χ0) is 15.3. The first-order valence-electron chi connectivity index (χ1n) is 7.26. The monoisotopic (exact) mass is 279 g/mol. The van der Waals surface area contributed by atoms with E-state index in [-0.39, 0.29) is 0 Å². The molecule has 2 nitrogen and oxygen atoms in total. The smallest absolute Gasteiger partial charge is 0.176 e. The van der Waals surface area contributed by atoms with E-state index in [1.54, 1.807) is 0 Å². The Morgan fingerprint density at radius 2 is 1.48 bits per heavy atom. The maximum atomic E-state index is 10.9. The Labute approximate surface area is 127 Å². The van der Waals surface area contributed by atoms with Gasteiger partial charge < -0.3 is 10.0 Å². The van der Waals surface area contributed by atoms with Gasteiger partial charge >= 0.3 is 0 Å². The van der Waals surface area contributed by atoms with Crippen LogP contribution in [0.4, 0.5) is 5.69 Å². The number of hydrogen-bond donors (Lipinski definition) is 1. The Morgan fingerprint density at radius 1 is 0.952 bits per heavy atom. The number of rotatable bonds is 5. The fourth-order valence-electron chi connectivity index (χ4n) is 2.51. The van der Waals surface area contributed by atoms with Gasteiger partial charge in [0.2, 0.25) is 0 Å². The van der Waals surface area contributed by atoms with E-state index in [9.17, 15) is 5.11 Å². The molecule has 0 aliphatic rings. The van der Waals surface area contributed by atoms with E-state index in [2.05, 4.69) is 24.7 Å². The molecule has 0 heterocycles. The molecular formula is C19H21NO. The number of aliphatic hydroxyl groups is 1. The van der Waals surface area contributed by atoms with Crippen LogP contribution in [0.25, 0.3) is 0 Å². The summed E-state index contributed by atoms with van der Waals surface area (Å²) in [6.07, 6.45) is 5.61. The Bertz CT molecular complexity index is 608. The lowest BCUT2D eigenvalue weighted by atomic mass is 9.87. The topological polar surface area (TPSA) is 23.5 Å². The SMILES string of the molecule is C#CC(O)(c1ccccc1)c1ccc(N(CC)CC)cc1. The molecule has 1 N–H and O–H groups in total. The molecule has 2 heteroatoms. The Kier molecular flexibility index (Phi) is 4.67. The maximum Gasteiger partial charge on any atom is 0.176 e. The summed E-state index contributed by atoms with van der Waals surface area (Å²) in [5.74, 6) is 2.53. The summed E-state index contributed by atoms with van der Waals surface area (Å²) >= 11 is 0. The molecule has 2 rings (SSSR count). The van der Waals surface area contributed by atoms with Crippen LogP contribution < -0.4 is 4.90 Å². The molecule has 0 spiro atoms. The van der Waals surface area contributed by atoms with Crippen LogP contribution in [-0.2, 0) is 5.60 Å². The van der Waals surface area contributed by atoms with Crippen LogP contribution in [0.3, 0.4) is 0 Å². The van der Waals surface area contributed by atoms with E-state index in [0.29, 0.717) is 11.1 Å². The van der Waals surface area contributed by atoms with Crippen molar-refractivity contribution in [1.29, 1.82) is 0 Å². The Morgan fingerprint density at radius 3 is 1.95 bits per heavy atom. The van der Waals surface area contributed by atoms with E-state index >= 15 is 0 Å². The number of anilines is 1. The van der Waals surface area contributed by atoms with E-state index in [0.717, 1.165) is 18.8 Å². The van der Waals surface area contributed by atoms with Crippen molar-refractivity contribution in [3.05, 3.63) is 65.7 Å². The minimum absolute atomic E-state index is 0.711.